The van der Waals surface area contributed by atoms with Gasteiger partial charge in [0.15, 0.2) is 5.82 Å². The van der Waals surface area contributed by atoms with Crippen LogP contribution in [0.3, 0.4) is 0 Å². The standard InChI is InChI=1S/C16H16N4O/c17-9-11-5-7-12(8-6-11)21-10-15-19-14-4-2-1-3-13(14)16(18)20-15/h1-8H,9-10,17H2,(H2,18,19,20). The highest BCUT2D eigenvalue weighted by atomic mass is 16.5. The van der Waals surface area contributed by atoms with Crippen LogP contribution >= 0.6 is 0 Å². The second kappa shape index (κ2) is 5.76. The van der Waals surface area contributed by atoms with Gasteiger partial charge in [0.05, 0.1) is 5.52 Å². The summed E-state index contributed by atoms with van der Waals surface area (Å²) < 4.78 is 5.67. The number of para-hydroxylation sites is 1. The van der Waals surface area contributed by atoms with Crippen molar-refractivity contribution in [1.82, 2.24) is 9.97 Å². The summed E-state index contributed by atoms with van der Waals surface area (Å²) in [5.41, 5.74) is 13.4. The van der Waals surface area contributed by atoms with Gasteiger partial charge in [-0.3, -0.25) is 0 Å². The number of hydrogen-bond acceptors (Lipinski definition) is 5. The lowest BCUT2D eigenvalue weighted by atomic mass is 10.2. The molecule has 0 atom stereocenters. The van der Waals surface area contributed by atoms with Crippen LogP contribution in [0.25, 0.3) is 10.9 Å². The van der Waals surface area contributed by atoms with Gasteiger partial charge in [-0.05, 0) is 29.8 Å². The number of rotatable bonds is 4. The molecule has 0 bridgehead atoms. The fourth-order valence-electron chi connectivity index (χ4n) is 2.09. The van der Waals surface area contributed by atoms with Crippen LogP contribution in [0, 0.1) is 0 Å². The zero-order valence-electron chi connectivity index (χ0n) is 11.5. The first-order valence-electron chi connectivity index (χ1n) is 6.69. The first kappa shape index (κ1) is 13.3. The van der Waals surface area contributed by atoms with Gasteiger partial charge in [0.2, 0.25) is 0 Å². The third kappa shape index (κ3) is 2.93. The van der Waals surface area contributed by atoms with E-state index in [0.29, 0.717) is 18.2 Å². The molecule has 0 aliphatic carbocycles. The first-order chi connectivity index (χ1) is 10.3. The molecule has 3 aromatic rings. The molecular formula is C16H16N4O. The topological polar surface area (TPSA) is 87.0 Å². The van der Waals surface area contributed by atoms with Crippen LogP contribution in [0.1, 0.15) is 11.4 Å². The number of nitrogens with two attached hydrogens (primary N) is 2. The number of nitrogens with zero attached hydrogens (tertiary/aromatic N) is 2. The van der Waals surface area contributed by atoms with Crippen molar-refractivity contribution in [3.8, 4) is 5.75 Å². The van der Waals surface area contributed by atoms with E-state index in [2.05, 4.69) is 9.97 Å². The van der Waals surface area contributed by atoms with E-state index >= 15 is 0 Å². The Morgan fingerprint density at radius 2 is 1.71 bits per heavy atom. The highest BCUT2D eigenvalue weighted by Crippen LogP contribution is 2.18. The van der Waals surface area contributed by atoms with Crippen LogP contribution in [-0.2, 0) is 13.2 Å². The molecule has 0 amide bonds. The molecule has 5 heteroatoms. The number of benzene rings is 2. The summed E-state index contributed by atoms with van der Waals surface area (Å²) >= 11 is 0. The predicted octanol–water partition coefficient (Wildman–Crippen LogP) is 2.25. The van der Waals surface area contributed by atoms with Crippen molar-refractivity contribution in [1.29, 1.82) is 0 Å². The van der Waals surface area contributed by atoms with Crippen molar-refractivity contribution < 1.29 is 4.74 Å². The number of ether oxygens (including phenoxy) is 1. The molecule has 0 spiro atoms. The molecule has 3 rings (SSSR count). The Morgan fingerprint density at radius 1 is 0.952 bits per heavy atom. The van der Waals surface area contributed by atoms with Crippen molar-refractivity contribution in [3.05, 3.63) is 59.9 Å². The van der Waals surface area contributed by atoms with Gasteiger partial charge in [0, 0.05) is 11.9 Å². The maximum atomic E-state index is 5.94. The van der Waals surface area contributed by atoms with Crippen molar-refractivity contribution >= 4 is 16.7 Å². The quantitative estimate of drug-likeness (QED) is 0.765. The number of aromatic nitrogens is 2. The summed E-state index contributed by atoms with van der Waals surface area (Å²) in [4.78, 5) is 8.72. The molecule has 1 aromatic heterocycles. The third-order valence-electron chi connectivity index (χ3n) is 3.21. The van der Waals surface area contributed by atoms with Crippen LogP contribution in [0.15, 0.2) is 48.5 Å². The van der Waals surface area contributed by atoms with Gasteiger partial charge in [-0.1, -0.05) is 24.3 Å². The number of nitrogen functional groups attached to an aromatic ring is 1. The van der Waals surface area contributed by atoms with Crippen LogP contribution in [0.2, 0.25) is 0 Å². The zero-order chi connectivity index (χ0) is 14.7. The van der Waals surface area contributed by atoms with Gasteiger partial charge < -0.3 is 16.2 Å². The minimum Gasteiger partial charge on any atom is -0.486 e. The maximum Gasteiger partial charge on any atom is 0.168 e. The molecule has 21 heavy (non-hydrogen) atoms. The molecule has 0 radical (unpaired) electrons. The second-order valence-corrected chi connectivity index (χ2v) is 4.68. The van der Waals surface area contributed by atoms with E-state index in [0.717, 1.165) is 22.2 Å². The molecule has 0 saturated heterocycles. The summed E-state index contributed by atoms with van der Waals surface area (Å²) in [6.45, 7) is 0.793. The maximum absolute atomic E-state index is 5.94. The molecule has 0 unspecified atom stereocenters. The van der Waals surface area contributed by atoms with Gasteiger partial charge in [-0.25, -0.2) is 9.97 Å². The zero-order valence-corrected chi connectivity index (χ0v) is 11.5. The minimum atomic E-state index is 0.275. The Morgan fingerprint density at radius 3 is 2.48 bits per heavy atom. The van der Waals surface area contributed by atoms with E-state index in [-0.39, 0.29) is 6.61 Å². The lowest BCUT2D eigenvalue weighted by Crippen LogP contribution is -2.05. The molecule has 0 aliphatic rings. The summed E-state index contributed by atoms with van der Waals surface area (Å²) in [5, 5.41) is 0.855. The fourth-order valence-corrected chi connectivity index (χ4v) is 2.09. The number of fused-ring (bicyclic) bond motifs is 1. The molecule has 4 N–H and O–H groups in total. The van der Waals surface area contributed by atoms with E-state index in [4.69, 9.17) is 16.2 Å². The highest BCUT2D eigenvalue weighted by Gasteiger charge is 2.05. The summed E-state index contributed by atoms with van der Waals surface area (Å²) in [5.74, 6) is 1.79. The molecule has 2 aromatic carbocycles. The Kier molecular flexibility index (Phi) is 3.66. The molecular weight excluding hydrogens is 264 g/mol. The van der Waals surface area contributed by atoms with Gasteiger partial charge >= 0.3 is 0 Å². The Hall–Kier alpha value is -2.66. The lowest BCUT2D eigenvalue weighted by molar-refractivity contribution is 0.296. The summed E-state index contributed by atoms with van der Waals surface area (Å²) in [6, 6.07) is 15.3. The molecule has 5 nitrogen and oxygen atoms in total. The highest BCUT2D eigenvalue weighted by molar-refractivity contribution is 5.87. The van der Waals surface area contributed by atoms with E-state index in [1.165, 1.54) is 0 Å². The van der Waals surface area contributed by atoms with Crippen LogP contribution < -0.4 is 16.2 Å². The van der Waals surface area contributed by atoms with Gasteiger partial charge in [0.1, 0.15) is 18.2 Å². The fraction of sp³-hybridized carbons (Fsp3) is 0.125. The van der Waals surface area contributed by atoms with Crippen molar-refractivity contribution in [2.24, 2.45) is 5.73 Å². The predicted molar refractivity (Wildman–Crippen MR) is 82.6 cm³/mol. The Balaban J connectivity index is 1.78. The number of hydrogen-bond donors (Lipinski definition) is 2. The summed E-state index contributed by atoms with van der Waals surface area (Å²) in [6.07, 6.45) is 0. The van der Waals surface area contributed by atoms with Crippen molar-refractivity contribution in [3.63, 3.8) is 0 Å². The van der Waals surface area contributed by atoms with E-state index in [1.807, 2.05) is 48.5 Å². The van der Waals surface area contributed by atoms with E-state index in [9.17, 15) is 0 Å². The largest absolute Gasteiger partial charge is 0.486 e. The molecule has 0 aliphatic heterocycles. The van der Waals surface area contributed by atoms with Crippen LogP contribution in [0.5, 0.6) is 5.75 Å². The normalized spacial score (nSPS) is 10.7. The average molecular weight is 280 g/mol. The average Bonchev–Trinajstić information content (AvgIpc) is 2.53. The Labute approximate surface area is 122 Å². The van der Waals surface area contributed by atoms with Crippen LogP contribution in [0.4, 0.5) is 5.82 Å². The monoisotopic (exact) mass is 280 g/mol. The smallest absolute Gasteiger partial charge is 0.168 e. The van der Waals surface area contributed by atoms with Gasteiger partial charge in [-0.15, -0.1) is 0 Å². The van der Waals surface area contributed by atoms with Crippen molar-refractivity contribution in [2.45, 2.75) is 13.2 Å². The SMILES string of the molecule is NCc1ccc(OCc2nc(N)c3ccccc3n2)cc1. The van der Waals surface area contributed by atoms with E-state index < -0.39 is 0 Å². The van der Waals surface area contributed by atoms with E-state index in [1.54, 1.807) is 0 Å². The Bertz CT molecular complexity index is 756. The van der Waals surface area contributed by atoms with Crippen LogP contribution in [-0.4, -0.2) is 9.97 Å². The third-order valence-corrected chi connectivity index (χ3v) is 3.21. The van der Waals surface area contributed by atoms with Gasteiger partial charge in [-0.2, -0.15) is 0 Å². The molecule has 0 saturated carbocycles. The molecule has 0 fully saturated rings. The second-order valence-electron chi connectivity index (χ2n) is 4.68. The van der Waals surface area contributed by atoms with Crippen molar-refractivity contribution in [2.75, 3.05) is 5.73 Å². The first-order valence-corrected chi connectivity index (χ1v) is 6.69. The lowest BCUT2D eigenvalue weighted by Gasteiger charge is -2.08. The molecule has 1 heterocycles. The molecule has 106 valence electrons. The minimum absolute atomic E-state index is 0.275. The summed E-state index contributed by atoms with van der Waals surface area (Å²) in [7, 11) is 0. The van der Waals surface area contributed by atoms with Gasteiger partial charge in [0.25, 0.3) is 0 Å². The number of anilines is 1.